The van der Waals surface area contributed by atoms with Crippen LogP contribution in [0.15, 0.2) is 41.8 Å². The van der Waals surface area contributed by atoms with Gasteiger partial charge >= 0.3 is 0 Å². The Balaban J connectivity index is 1.94. The zero-order valence-corrected chi connectivity index (χ0v) is 11.5. The van der Waals surface area contributed by atoms with Crippen molar-refractivity contribution in [1.29, 1.82) is 0 Å². The summed E-state index contributed by atoms with van der Waals surface area (Å²) in [6.07, 6.45) is 1.26. The number of aryl methyl sites for hydroxylation is 1. The lowest BCUT2D eigenvalue weighted by Crippen LogP contribution is -2.11. The summed E-state index contributed by atoms with van der Waals surface area (Å²) >= 11 is 1.43. The topological polar surface area (TPSA) is 52.3 Å². The molecule has 4 heteroatoms. The second-order valence-electron chi connectivity index (χ2n) is 4.16. The van der Waals surface area contributed by atoms with Crippen LogP contribution in [0.3, 0.4) is 0 Å². The maximum absolute atomic E-state index is 12.2. The summed E-state index contributed by atoms with van der Waals surface area (Å²) in [4.78, 5) is 12.9. The average Bonchev–Trinajstić information content (AvgIpc) is 2.92. The Labute approximate surface area is 117 Å². The average molecular weight is 275 g/mol. The van der Waals surface area contributed by atoms with Crippen molar-refractivity contribution in [3.8, 4) is 5.75 Å². The lowest BCUT2D eigenvalue weighted by atomic mass is 10.1. The number of rotatable bonds is 7. The van der Waals surface area contributed by atoms with E-state index in [9.17, 15) is 4.79 Å². The van der Waals surface area contributed by atoms with Crippen LogP contribution in [0.2, 0.25) is 0 Å². The largest absolute Gasteiger partial charge is 0.491 e. The van der Waals surface area contributed by atoms with E-state index in [1.807, 2.05) is 41.8 Å². The maximum Gasteiger partial charge on any atom is 0.176 e. The number of benzene rings is 1. The van der Waals surface area contributed by atoms with Crippen LogP contribution in [0.25, 0.3) is 0 Å². The van der Waals surface area contributed by atoms with Crippen LogP contribution in [-0.4, -0.2) is 18.9 Å². The Kier molecular flexibility index (Phi) is 5.12. The molecule has 0 radical (unpaired) electrons. The van der Waals surface area contributed by atoms with Crippen molar-refractivity contribution >= 4 is 17.1 Å². The predicted molar refractivity (Wildman–Crippen MR) is 78.0 cm³/mol. The Morgan fingerprint density at radius 3 is 2.74 bits per heavy atom. The Hall–Kier alpha value is -1.65. The third-order valence-corrected chi connectivity index (χ3v) is 3.68. The molecule has 0 aliphatic carbocycles. The van der Waals surface area contributed by atoms with Gasteiger partial charge < -0.3 is 10.5 Å². The zero-order chi connectivity index (χ0) is 13.5. The Morgan fingerprint density at radius 1 is 1.21 bits per heavy atom. The third-order valence-electron chi connectivity index (χ3n) is 2.74. The van der Waals surface area contributed by atoms with E-state index in [-0.39, 0.29) is 5.78 Å². The van der Waals surface area contributed by atoms with Crippen LogP contribution in [0.5, 0.6) is 5.75 Å². The fraction of sp³-hybridized carbons (Fsp3) is 0.267. The van der Waals surface area contributed by atoms with Gasteiger partial charge in [-0.05, 0) is 23.4 Å². The van der Waals surface area contributed by atoms with Gasteiger partial charge in [0.2, 0.25) is 0 Å². The van der Waals surface area contributed by atoms with Gasteiger partial charge in [0.25, 0.3) is 0 Å². The molecule has 2 rings (SSSR count). The summed E-state index contributed by atoms with van der Waals surface area (Å²) in [6, 6.07) is 11.8. The van der Waals surface area contributed by atoms with E-state index >= 15 is 0 Å². The molecule has 1 aromatic carbocycles. The summed E-state index contributed by atoms with van der Waals surface area (Å²) in [5.41, 5.74) is 6.58. The first-order chi connectivity index (χ1) is 9.31. The molecule has 100 valence electrons. The molecule has 0 atom stereocenters. The Bertz CT molecular complexity index is 522. The molecule has 0 unspecified atom stereocenters. The minimum Gasteiger partial charge on any atom is -0.491 e. The second-order valence-corrected chi connectivity index (χ2v) is 5.08. The first kappa shape index (κ1) is 13.8. The fourth-order valence-corrected chi connectivity index (χ4v) is 2.60. The summed E-state index contributed by atoms with van der Waals surface area (Å²) < 4.78 is 5.46. The van der Waals surface area contributed by atoms with Crippen LogP contribution < -0.4 is 10.5 Å². The smallest absolute Gasteiger partial charge is 0.176 e. The van der Waals surface area contributed by atoms with Crippen molar-refractivity contribution in [2.24, 2.45) is 5.73 Å². The van der Waals surface area contributed by atoms with Gasteiger partial charge in [-0.2, -0.15) is 0 Å². The van der Waals surface area contributed by atoms with Gasteiger partial charge in [-0.1, -0.05) is 30.3 Å². The maximum atomic E-state index is 12.2. The standard InChI is InChI=1S/C15H17NO2S/c16-9-10-18-14-8-11-19-15(14)13(17)7-6-12-4-2-1-3-5-12/h1-5,8,11H,6-7,9-10,16H2. The fourth-order valence-electron chi connectivity index (χ4n) is 1.80. The number of Topliss-reactive ketones (excluding diaryl/α,β-unsaturated/α-hetero) is 1. The van der Waals surface area contributed by atoms with Gasteiger partial charge in [0, 0.05) is 13.0 Å². The normalized spacial score (nSPS) is 10.4. The molecule has 3 nitrogen and oxygen atoms in total. The molecule has 1 heterocycles. The molecule has 0 spiro atoms. The first-order valence-electron chi connectivity index (χ1n) is 6.28. The van der Waals surface area contributed by atoms with Gasteiger partial charge in [0.05, 0.1) is 0 Å². The van der Waals surface area contributed by atoms with Crippen molar-refractivity contribution < 1.29 is 9.53 Å². The number of hydrogen-bond acceptors (Lipinski definition) is 4. The highest BCUT2D eigenvalue weighted by molar-refractivity contribution is 7.12. The van der Waals surface area contributed by atoms with Gasteiger partial charge in [-0.25, -0.2) is 0 Å². The minimum absolute atomic E-state index is 0.130. The number of ketones is 1. The van der Waals surface area contributed by atoms with E-state index in [2.05, 4.69) is 0 Å². The molecular formula is C15H17NO2S. The van der Waals surface area contributed by atoms with E-state index in [4.69, 9.17) is 10.5 Å². The zero-order valence-electron chi connectivity index (χ0n) is 10.7. The lowest BCUT2D eigenvalue weighted by Gasteiger charge is -2.05. The van der Waals surface area contributed by atoms with Crippen LogP contribution in [0.1, 0.15) is 21.7 Å². The van der Waals surface area contributed by atoms with E-state index in [0.29, 0.717) is 30.2 Å². The summed E-state index contributed by atoms with van der Waals surface area (Å²) in [5, 5.41) is 1.88. The highest BCUT2D eigenvalue weighted by Gasteiger charge is 2.14. The number of ether oxygens (including phenoxy) is 1. The third kappa shape index (κ3) is 3.91. The van der Waals surface area contributed by atoms with E-state index in [0.717, 1.165) is 6.42 Å². The van der Waals surface area contributed by atoms with E-state index < -0.39 is 0 Å². The molecule has 0 saturated carbocycles. The Morgan fingerprint density at radius 2 is 2.00 bits per heavy atom. The van der Waals surface area contributed by atoms with Crippen molar-refractivity contribution in [2.45, 2.75) is 12.8 Å². The van der Waals surface area contributed by atoms with Crippen molar-refractivity contribution in [1.82, 2.24) is 0 Å². The molecule has 0 aliphatic heterocycles. The number of carbonyl (C=O) groups is 1. The van der Waals surface area contributed by atoms with Gasteiger partial charge in [-0.3, -0.25) is 4.79 Å². The quantitative estimate of drug-likeness (QED) is 0.790. The molecule has 19 heavy (non-hydrogen) atoms. The number of nitrogens with two attached hydrogens (primary N) is 1. The molecule has 0 aliphatic rings. The summed E-state index contributed by atoms with van der Waals surface area (Å²) in [6.45, 7) is 0.892. The van der Waals surface area contributed by atoms with Gasteiger partial charge in [-0.15, -0.1) is 11.3 Å². The second kappa shape index (κ2) is 7.07. The SMILES string of the molecule is NCCOc1ccsc1C(=O)CCc1ccccc1. The van der Waals surface area contributed by atoms with Crippen molar-refractivity contribution in [3.63, 3.8) is 0 Å². The number of hydrogen-bond donors (Lipinski definition) is 1. The highest BCUT2D eigenvalue weighted by Crippen LogP contribution is 2.26. The molecule has 0 bridgehead atoms. The highest BCUT2D eigenvalue weighted by atomic mass is 32.1. The van der Waals surface area contributed by atoms with Gasteiger partial charge in [0.1, 0.15) is 17.2 Å². The van der Waals surface area contributed by atoms with Gasteiger partial charge in [0.15, 0.2) is 5.78 Å². The van der Waals surface area contributed by atoms with Crippen LogP contribution in [0, 0.1) is 0 Å². The first-order valence-corrected chi connectivity index (χ1v) is 7.16. The lowest BCUT2D eigenvalue weighted by molar-refractivity contribution is 0.0983. The predicted octanol–water partition coefficient (Wildman–Crippen LogP) is 2.90. The molecule has 2 aromatic rings. The number of carbonyl (C=O) groups excluding carboxylic acids is 1. The monoisotopic (exact) mass is 275 g/mol. The minimum atomic E-state index is 0.130. The number of thiophene rings is 1. The molecule has 0 amide bonds. The van der Waals surface area contributed by atoms with E-state index in [1.54, 1.807) is 0 Å². The molecule has 2 N–H and O–H groups in total. The van der Waals surface area contributed by atoms with Crippen LogP contribution in [0.4, 0.5) is 0 Å². The van der Waals surface area contributed by atoms with E-state index in [1.165, 1.54) is 16.9 Å². The molecule has 1 aromatic heterocycles. The van der Waals surface area contributed by atoms with Crippen molar-refractivity contribution in [2.75, 3.05) is 13.2 Å². The van der Waals surface area contributed by atoms with Crippen LogP contribution in [-0.2, 0) is 6.42 Å². The molecular weight excluding hydrogens is 258 g/mol. The van der Waals surface area contributed by atoms with Crippen molar-refractivity contribution in [3.05, 3.63) is 52.2 Å². The summed E-state index contributed by atoms with van der Waals surface area (Å²) in [7, 11) is 0. The van der Waals surface area contributed by atoms with Crippen LogP contribution >= 0.6 is 11.3 Å². The molecule has 0 saturated heterocycles. The summed E-state index contributed by atoms with van der Waals surface area (Å²) in [5.74, 6) is 0.791. The molecule has 0 fully saturated rings.